The molecule has 1 aliphatic heterocycles. The molecule has 0 saturated carbocycles. The van der Waals surface area contributed by atoms with Gasteiger partial charge in [-0.2, -0.15) is 4.98 Å². The first-order chi connectivity index (χ1) is 12.0. The average molecular weight is 354 g/mol. The van der Waals surface area contributed by atoms with Gasteiger partial charge < -0.3 is 24.8 Å². The normalized spacial score (nSPS) is 25.7. The Kier molecular flexibility index (Phi) is 6.82. The molecule has 9 heteroatoms. The Labute approximate surface area is 144 Å². The van der Waals surface area contributed by atoms with E-state index >= 15 is 0 Å². The minimum atomic E-state index is -1.35. The molecule has 0 radical (unpaired) electrons. The Bertz CT molecular complexity index is 660. The van der Waals surface area contributed by atoms with Gasteiger partial charge >= 0.3 is 11.7 Å². The standard InChI is InChI=1S/C16H22N2O7/c1-2-8-24-12(20)5-3-4-10-6-7-18(16(23)17-10)15-14(22)13(21)11(9-19)25-15/h2,6-7,11,13-15,19,21-22H,1,3-5,8-9H2/t11-,13?,14?,15-/m1/s1. The molecule has 2 heterocycles. The molecule has 2 rings (SSSR count). The van der Waals surface area contributed by atoms with E-state index < -0.39 is 36.8 Å². The lowest BCUT2D eigenvalue weighted by molar-refractivity contribution is -0.142. The Hall–Kier alpha value is -2.07. The van der Waals surface area contributed by atoms with Crippen LogP contribution in [0.5, 0.6) is 0 Å². The lowest BCUT2D eigenvalue weighted by Gasteiger charge is -2.17. The number of aliphatic hydroxyl groups excluding tert-OH is 3. The van der Waals surface area contributed by atoms with Gasteiger partial charge in [0.15, 0.2) is 6.23 Å². The number of carbonyl (C=O) groups is 1. The number of hydrogen-bond donors (Lipinski definition) is 3. The molecule has 3 N–H and O–H groups in total. The fraction of sp³-hybridized carbons (Fsp3) is 0.562. The Morgan fingerprint density at radius 2 is 2.20 bits per heavy atom. The van der Waals surface area contributed by atoms with E-state index in [1.807, 2.05) is 0 Å². The first-order valence-electron chi connectivity index (χ1n) is 7.95. The van der Waals surface area contributed by atoms with Crippen LogP contribution in [0.3, 0.4) is 0 Å². The van der Waals surface area contributed by atoms with Gasteiger partial charge in [0, 0.05) is 18.3 Å². The number of aromatic nitrogens is 2. The molecule has 0 aromatic carbocycles. The van der Waals surface area contributed by atoms with Gasteiger partial charge in [-0.25, -0.2) is 4.79 Å². The second kappa shape index (κ2) is 8.86. The van der Waals surface area contributed by atoms with Crippen molar-refractivity contribution >= 4 is 5.97 Å². The molecule has 0 amide bonds. The van der Waals surface area contributed by atoms with Crippen molar-refractivity contribution in [1.82, 2.24) is 9.55 Å². The number of rotatable bonds is 8. The lowest BCUT2D eigenvalue weighted by atomic mass is 10.1. The molecule has 1 fully saturated rings. The summed E-state index contributed by atoms with van der Waals surface area (Å²) in [5, 5.41) is 28.8. The van der Waals surface area contributed by atoms with Crippen LogP contribution in [0.4, 0.5) is 0 Å². The molecule has 2 unspecified atom stereocenters. The van der Waals surface area contributed by atoms with Crippen LogP contribution in [0, 0.1) is 0 Å². The van der Waals surface area contributed by atoms with E-state index in [0.29, 0.717) is 18.5 Å². The second-order valence-electron chi connectivity index (χ2n) is 5.66. The highest BCUT2D eigenvalue weighted by Crippen LogP contribution is 2.27. The van der Waals surface area contributed by atoms with E-state index in [0.717, 1.165) is 4.57 Å². The fourth-order valence-corrected chi connectivity index (χ4v) is 2.53. The Balaban J connectivity index is 1.96. The molecule has 0 aliphatic carbocycles. The van der Waals surface area contributed by atoms with Crippen molar-refractivity contribution in [1.29, 1.82) is 0 Å². The van der Waals surface area contributed by atoms with Crippen LogP contribution in [0.2, 0.25) is 0 Å². The molecule has 1 aromatic heterocycles. The molecule has 9 nitrogen and oxygen atoms in total. The van der Waals surface area contributed by atoms with Crippen molar-refractivity contribution in [2.75, 3.05) is 13.2 Å². The van der Waals surface area contributed by atoms with Crippen LogP contribution < -0.4 is 5.69 Å². The smallest absolute Gasteiger partial charge is 0.349 e. The van der Waals surface area contributed by atoms with Crippen molar-refractivity contribution < 1.29 is 29.6 Å². The Morgan fingerprint density at radius 1 is 1.44 bits per heavy atom. The molecular formula is C16H22N2O7. The number of aliphatic hydroxyl groups is 3. The summed E-state index contributed by atoms with van der Waals surface area (Å²) in [5.41, 5.74) is -0.161. The summed E-state index contributed by atoms with van der Waals surface area (Å²) in [5.74, 6) is -0.347. The number of nitrogens with zero attached hydrogens (tertiary/aromatic N) is 2. The van der Waals surface area contributed by atoms with Crippen molar-refractivity contribution in [3.63, 3.8) is 0 Å². The van der Waals surface area contributed by atoms with E-state index in [1.54, 1.807) is 6.07 Å². The highest BCUT2D eigenvalue weighted by atomic mass is 16.6. The largest absolute Gasteiger partial charge is 0.461 e. The van der Waals surface area contributed by atoms with Gasteiger partial charge in [-0.3, -0.25) is 9.36 Å². The molecule has 25 heavy (non-hydrogen) atoms. The molecule has 4 atom stereocenters. The summed E-state index contributed by atoms with van der Waals surface area (Å²) >= 11 is 0. The molecule has 0 spiro atoms. The molecular weight excluding hydrogens is 332 g/mol. The number of ether oxygens (including phenoxy) is 2. The average Bonchev–Trinajstić information content (AvgIpc) is 2.88. The van der Waals surface area contributed by atoms with Gasteiger partial charge in [0.25, 0.3) is 0 Å². The Morgan fingerprint density at radius 3 is 2.80 bits per heavy atom. The minimum Gasteiger partial charge on any atom is -0.461 e. The maximum Gasteiger partial charge on any atom is 0.349 e. The molecule has 1 aromatic rings. The van der Waals surface area contributed by atoms with Crippen LogP contribution in [0.15, 0.2) is 29.7 Å². The predicted octanol–water partition coefficient (Wildman–Crippen LogP) is -1.09. The quantitative estimate of drug-likeness (QED) is 0.396. The van der Waals surface area contributed by atoms with E-state index in [1.165, 1.54) is 12.3 Å². The van der Waals surface area contributed by atoms with Gasteiger partial charge in [0.2, 0.25) is 0 Å². The third-order valence-electron chi connectivity index (χ3n) is 3.85. The van der Waals surface area contributed by atoms with E-state index in [-0.39, 0.29) is 19.0 Å². The molecule has 1 aliphatic rings. The highest BCUT2D eigenvalue weighted by Gasteiger charge is 2.43. The SMILES string of the molecule is C=CCOC(=O)CCCc1ccn([C@@H]2O[C@H](CO)C(O)C2O)c(=O)n1. The highest BCUT2D eigenvalue weighted by molar-refractivity contribution is 5.69. The number of hydrogen-bond acceptors (Lipinski definition) is 8. The van der Waals surface area contributed by atoms with Crippen molar-refractivity contribution in [3.05, 3.63) is 41.1 Å². The predicted molar refractivity (Wildman–Crippen MR) is 85.6 cm³/mol. The monoisotopic (exact) mass is 354 g/mol. The zero-order valence-electron chi connectivity index (χ0n) is 13.7. The third kappa shape index (κ3) is 4.73. The number of aryl methyl sites for hydroxylation is 1. The zero-order chi connectivity index (χ0) is 18.4. The van der Waals surface area contributed by atoms with E-state index in [2.05, 4.69) is 11.6 Å². The van der Waals surface area contributed by atoms with Crippen LogP contribution in [-0.2, 0) is 20.7 Å². The van der Waals surface area contributed by atoms with Crippen molar-refractivity contribution in [2.45, 2.75) is 43.8 Å². The summed E-state index contributed by atoms with van der Waals surface area (Å²) in [7, 11) is 0. The van der Waals surface area contributed by atoms with E-state index in [9.17, 15) is 19.8 Å². The van der Waals surface area contributed by atoms with Gasteiger partial charge in [0.1, 0.15) is 24.9 Å². The maximum atomic E-state index is 12.1. The minimum absolute atomic E-state index is 0.164. The van der Waals surface area contributed by atoms with Crippen LogP contribution in [0.25, 0.3) is 0 Å². The van der Waals surface area contributed by atoms with Crippen molar-refractivity contribution in [2.24, 2.45) is 0 Å². The zero-order valence-corrected chi connectivity index (χ0v) is 13.7. The van der Waals surface area contributed by atoms with Gasteiger partial charge in [-0.1, -0.05) is 12.7 Å². The molecule has 1 saturated heterocycles. The summed E-state index contributed by atoms with van der Waals surface area (Å²) in [6.45, 7) is 3.14. The van der Waals surface area contributed by atoms with Gasteiger partial charge in [-0.05, 0) is 18.9 Å². The maximum absolute atomic E-state index is 12.1. The number of esters is 1. The van der Waals surface area contributed by atoms with E-state index in [4.69, 9.17) is 14.6 Å². The molecule has 0 bridgehead atoms. The van der Waals surface area contributed by atoms with Gasteiger partial charge in [0.05, 0.1) is 6.61 Å². The lowest BCUT2D eigenvalue weighted by Crippen LogP contribution is -2.36. The van der Waals surface area contributed by atoms with Crippen LogP contribution in [0.1, 0.15) is 24.8 Å². The summed E-state index contributed by atoms with van der Waals surface area (Å²) in [6, 6.07) is 1.57. The topological polar surface area (TPSA) is 131 Å². The first-order valence-corrected chi connectivity index (χ1v) is 7.95. The van der Waals surface area contributed by atoms with Crippen LogP contribution >= 0.6 is 0 Å². The van der Waals surface area contributed by atoms with Gasteiger partial charge in [-0.15, -0.1) is 0 Å². The molecule has 138 valence electrons. The second-order valence-corrected chi connectivity index (χ2v) is 5.66. The van der Waals surface area contributed by atoms with Crippen molar-refractivity contribution in [3.8, 4) is 0 Å². The fourth-order valence-electron chi connectivity index (χ4n) is 2.53. The number of carbonyl (C=O) groups excluding carboxylic acids is 1. The first kappa shape index (κ1) is 19.3. The van der Waals surface area contributed by atoms with Crippen LogP contribution in [-0.4, -0.2) is 62.4 Å². The third-order valence-corrected chi connectivity index (χ3v) is 3.85. The summed E-state index contributed by atoms with van der Waals surface area (Å²) in [6.07, 6.45) is -0.741. The summed E-state index contributed by atoms with van der Waals surface area (Å²) in [4.78, 5) is 27.4. The summed E-state index contributed by atoms with van der Waals surface area (Å²) < 4.78 is 11.2.